The predicted molar refractivity (Wildman–Crippen MR) is 94.3 cm³/mol. The van der Waals surface area contributed by atoms with Crippen molar-refractivity contribution >= 4 is 0 Å². The first-order valence-electron chi connectivity index (χ1n) is 8.98. The second-order valence-electron chi connectivity index (χ2n) is 6.75. The van der Waals surface area contributed by atoms with E-state index in [0.717, 1.165) is 30.2 Å². The highest BCUT2D eigenvalue weighted by atomic mass is 19.4. The minimum Gasteiger partial charge on any atom is -0.307 e. The quantitative estimate of drug-likeness (QED) is 0.714. The van der Waals surface area contributed by atoms with Crippen molar-refractivity contribution in [2.24, 2.45) is 0 Å². The van der Waals surface area contributed by atoms with E-state index in [-0.39, 0.29) is 0 Å². The van der Waals surface area contributed by atoms with Crippen molar-refractivity contribution in [2.45, 2.75) is 44.9 Å². The fourth-order valence-corrected chi connectivity index (χ4v) is 3.41. The van der Waals surface area contributed by atoms with Crippen molar-refractivity contribution in [3.05, 3.63) is 64.7 Å². The van der Waals surface area contributed by atoms with Crippen molar-refractivity contribution in [3.63, 3.8) is 0 Å². The Morgan fingerprint density at radius 3 is 2.56 bits per heavy atom. The average molecular weight is 375 g/mol. The molecule has 8 heteroatoms. The topological polar surface area (TPSA) is 58.5 Å². The molecule has 0 saturated carbocycles. The minimum absolute atomic E-state index is 0.593. The Labute approximate surface area is 154 Å². The van der Waals surface area contributed by atoms with Crippen molar-refractivity contribution in [3.8, 4) is 5.69 Å². The molecule has 1 aromatic carbocycles. The van der Waals surface area contributed by atoms with Crippen LogP contribution in [0.5, 0.6) is 0 Å². The predicted octanol–water partition coefficient (Wildman–Crippen LogP) is 3.78. The van der Waals surface area contributed by atoms with Gasteiger partial charge in [-0.3, -0.25) is 5.10 Å². The third-order valence-corrected chi connectivity index (χ3v) is 4.84. The first kappa shape index (κ1) is 17.8. The molecule has 1 aliphatic carbocycles. The maximum Gasteiger partial charge on any atom is 0.435 e. The minimum atomic E-state index is -4.43. The third-order valence-electron chi connectivity index (χ3n) is 4.84. The molecule has 0 unspecified atom stereocenters. The van der Waals surface area contributed by atoms with Gasteiger partial charge in [-0.25, -0.2) is 4.68 Å². The molecular weight excluding hydrogens is 355 g/mol. The summed E-state index contributed by atoms with van der Waals surface area (Å²) in [7, 11) is 0. The molecule has 0 spiro atoms. The van der Waals surface area contributed by atoms with Crippen LogP contribution >= 0.6 is 0 Å². The Kier molecular flexibility index (Phi) is 4.73. The number of rotatable bonds is 5. The number of nitrogens with one attached hydrogen (secondary N) is 2. The number of nitrogens with zero attached hydrogens (tertiary/aromatic N) is 3. The van der Waals surface area contributed by atoms with E-state index in [2.05, 4.69) is 20.6 Å². The zero-order valence-electron chi connectivity index (χ0n) is 14.7. The van der Waals surface area contributed by atoms with Crippen LogP contribution in [0.25, 0.3) is 5.69 Å². The molecule has 2 heterocycles. The van der Waals surface area contributed by atoms with E-state index in [1.807, 2.05) is 12.1 Å². The lowest BCUT2D eigenvalue weighted by atomic mass is 9.96. The average Bonchev–Trinajstić information content (AvgIpc) is 3.30. The third kappa shape index (κ3) is 3.90. The van der Waals surface area contributed by atoms with Crippen LogP contribution in [0, 0.1) is 0 Å². The molecule has 1 aliphatic rings. The van der Waals surface area contributed by atoms with Crippen molar-refractivity contribution in [2.75, 3.05) is 0 Å². The standard InChI is InChI=1S/C19H20F3N5/c20-19(21,22)18-9-10-27(26-18)14-7-5-13(6-8-14)11-23-12-17-15-3-1-2-4-16(15)24-25-17/h5-10,23H,1-4,11-12H2,(H,24,25). The summed E-state index contributed by atoms with van der Waals surface area (Å²) in [5.41, 5.74) is 4.44. The summed E-state index contributed by atoms with van der Waals surface area (Å²) in [4.78, 5) is 0. The van der Waals surface area contributed by atoms with E-state index < -0.39 is 11.9 Å². The monoisotopic (exact) mass is 375 g/mol. The zero-order valence-corrected chi connectivity index (χ0v) is 14.7. The number of H-pyrrole nitrogens is 1. The maximum absolute atomic E-state index is 12.7. The fourth-order valence-electron chi connectivity index (χ4n) is 3.41. The van der Waals surface area contributed by atoms with Gasteiger partial charge in [-0.15, -0.1) is 0 Å². The van der Waals surface area contributed by atoms with Gasteiger partial charge in [-0.05, 0) is 55.0 Å². The van der Waals surface area contributed by atoms with Gasteiger partial charge in [0.05, 0.1) is 11.4 Å². The maximum atomic E-state index is 12.7. The lowest BCUT2D eigenvalue weighted by molar-refractivity contribution is -0.141. The first-order valence-corrected chi connectivity index (χ1v) is 8.98. The summed E-state index contributed by atoms with van der Waals surface area (Å²) in [6, 6.07) is 8.27. The van der Waals surface area contributed by atoms with E-state index in [0.29, 0.717) is 18.8 Å². The molecule has 5 nitrogen and oxygen atoms in total. The molecule has 0 atom stereocenters. The Hall–Kier alpha value is -2.61. The van der Waals surface area contributed by atoms with Crippen LogP contribution in [0.3, 0.4) is 0 Å². The lowest BCUT2D eigenvalue weighted by Crippen LogP contribution is -2.15. The second-order valence-corrected chi connectivity index (χ2v) is 6.75. The molecular formula is C19H20F3N5. The molecule has 0 saturated heterocycles. The molecule has 0 radical (unpaired) electrons. The molecule has 2 aromatic heterocycles. The molecule has 0 aliphatic heterocycles. The smallest absolute Gasteiger partial charge is 0.307 e. The van der Waals surface area contributed by atoms with Crippen LogP contribution in [-0.2, 0) is 32.1 Å². The molecule has 2 N–H and O–H groups in total. The normalized spacial score (nSPS) is 14.3. The number of aryl methyl sites for hydroxylation is 1. The van der Waals surface area contributed by atoms with Gasteiger partial charge in [0.1, 0.15) is 0 Å². The highest BCUT2D eigenvalue weighted by molar-refractivity contribution is 5.34. The summed E-state index contributed by atoms with van der Waals surface area (Å²) in [5.74, 6) is 0. The molecule has 142 valence electrons. The van der Waals surface area contributed by atoms with E-state index in [1.165, 1.54) is 35.0 Å². The van der Waals surface area contributed by atoms with Gasteiger partial charge < -0.3 is 5.32 Å². The Balaban J connectivity index is 1.36. The number of hydrogen-bond donors (Lipinski definition) is 2. The molecule has 27 heavy (non-hydrogen) atoms. The van der Waals surface area contributed by atoms with Gasteiger partial charge in [-0.2, -0.15) is 23.4 Å². The number of benzene rings is 1. The van der Waals surface area contributed by atoms with E-state index >= 15 is 0 Å². The molecule has 0 amide bonds. The van der Waals surface area contributed by atoms with Gasteiger partial charge in [0.15, 0.2) is 5.69 Å². The van der Waals surface area contributed by atoms with Gasteiger partial charge in [0, 0.05) is 25.0 Å². The van der Waals surface area contributed by atoms with Crippen molar-refractivity contribution in [1.29, 1.82) is 0 Å². The summed E-state index contributed by atoms with van der Waals surface area (Å²) < 4.78 is 39.2. The van der Waals surface area contributed by atoms with Crippen LogP contribution in [0.15, 0.2) is 36.5 Å². The molecule has 0 bridgehead atoms. The van der Waals surface area contributed by atoms with Crippen molar-refractivity contribution < 1.29 is 13.2 Å². The number of halogens is 3. The first-order chi connectivity index (χ1) is 13.0. The molecule has 4 rings (SSSR count). The summed E-state index contributed by atoms with van der Waals surface area (Å²) >= 11 is 0. The van der Waals surface area contributed by atoms with Gasteiger partial charge in [0.2, 0.25) is 0 Å². The number of fused-ring (bicyclic) bond motifs is 1. The van der Waals surface area contributed by atoms with E-state index in [4.69, 9.17) is 0 Å². The second kappa shape index (κ2) is 7.19. The van der Waals surface area contributed by atoms with Crippen LogP contribution < -0.4 is 5.32 Å². The fraction of sp³-hybridized carbons (Fsp3) is 0.368. The van der Waals surface area contributed by atoms with Gasteiger partial charge in [-0.1, -0.05) is 12.1 Å². The molecule has 0 fully saturated rings. The van der Waals surface area contributed by atoms with Crippen LogP contribution in [-0.4, -0.2) is 20.0 Å². The number of aromatic amines is 1. The lowest BCUT2D eigenvalue weighted by Gasteiger charge is -2.11. The summed E-state index contributed by atoms with van der Waals surface area (Å²) in [6.07, 6.45) is 1.48. The van der Waals surface area contributed by atoms with Crippen molar-refractivity contribution in [1.82, 2.24) is 25.3 Å². The van der Waals surface area contributed by atoms with E-state index in [1.54, 1.807) is 12.1 Å². The van der Waals surface area contributed by atoms with Crippen LogP contribution in [0.4, 0.5) is 13.2 Å². The van der Waals surface area contributed by atoms with Gasteiger partial charge in [0.25, 0.3) is 0 Å². The summed E-state index contributed by atoms with van der Waals surface area (Å²) in [5, 5.41) is 14.5. The largest absolute Gasteiger partial charge is 0.435 e. The molecule has 3 aromatic rings. The van der Waals surface area contributed by atoms with Gasteiger partial charge >= 0.3 is 6.18 Å². The SMILES string of the molecule is FC(F)(F)c1ccn(-c2ccc(CNCc3n[nH]c4c3CCCC4)cc2)n1. The van der Waals surface area contributed by atoms with Crippen LogP contribution in [0.1, 0.15) is 41.1 Å². The Morgan fingerprint density at radius 2 is 1.81 bits per heavy atom. The number of alkyl halides is 3. The summed E-state index contributed by atoms with van der Waals surface area (Å²) in [6.45, 7) is 1.36. The Bertz CT molecular complexity index is 908. The highest BCUT2D eigenvalue weighted by Gasteiger charge is 2.33. The highest BCUT2D eigenvalue weighted by Crippen LogP contribution is 2.28. The Morgan fingerprint density at radius 1 is 1.04 bits per heavy atom. The van der Waals surface area contributed by atoms with Crippen LogP contribution in [0.2, 0.25) is 0 Å². The number of hydrogen-bond acceptors (Lipinski definition) is 3. The van der Waals surface area contributed by atoms with E-state index in [9.17, 15) is 13.2 Å². The zero-order chi connectivity index (χ0) is 18.9. The number of aromatic nitrogens is 4.